The Bertz CT molecular complexity index is 50.0. The summed E-state index contributed by atoms with van der Waals surface area (Å²) in [5.74, 6) is 0. The second kappa shape index (κ2) is 5.60. The van der Waals surface area contributed by atoms with Gasteiger partial charge in [0.2, 0.25) is 0 Å². The Hall–Kier alpha value is -0.400. The predicted octanol–water partition coefficient (Wildman–Crippen LogP) is 1.67. The number of alkyl halides is 2. The molecule has 0 saturated carbocycles. The Morgan fingerprint density at radius 1 is 1.43 bits per heavy atom. The Kier molecular flexibility index (Phi) is 5.28. The van der Waals surface area contributed by atoms with Crippen molar-refractivity contribution in [1.29, 1.82) is 0 Å². The Morgan fingerprint density at radius 3 is 2.57 bits per heavy atom. The zero-order valence-corrected chi connectivity index (χ0v) is 3.95. The summed E-state index contributed by atoms with van der Waals surface area (Å²) in [5, 5.41) is 0. The Morgan fingerprint density at radius 2 is 2.14 bits per heavy atom. The van der Waals surface area contributed by atoms with Gasteiger partial charge in [0.1, 0.15) is 6.67 Å². The maximum absolute atomic E-state index is 11.1. The Balaban J connectivity index is 2.78. The second-order valence-corrected chi connectivity index (χ2v) is 1.00. The average Bonchev–Trinajstić information content (AvgIpc) is 1.69. The lowest BCUT2D eigenvalue weighted by Crippen LogP contribution is -1.69. The van der Waals surface area contributed by atoms with Crippen LogP contribution in [0.2, 0.25) is 0 Å². The van der Waals surface area contributed by atoms with Crippen molar-refractivity contribution in [3.05, 3.63) is 12.2 Å². The first kappa shape index (κ1) is 6.60. The number of hydrogen-bond acceptors (Lipinski definition) is 0. The van der Waals surface area contributed by atoms with Crippen LogP contribution in [0.3, 0.4) is 0 Å². The lowest BCUT2D eigenvalue weighted by molar-refractivity contribution is 0.495. The van der Waals surface area contributed by atoms with E-state index in [4.69, 9.17) is 0 Å². The summed E-state index contributed by atoms with van der Waals surface area (Å²) in [5.41, 5.74) is 0. The minimum Gasteiger partial charge on any atom is -0.251 e. The summed E-state index contributed by atoms with van der Waals surface area (Å²) < 4.78 is 22.2. The molecule has 0 spiro atoms. The summed E-state index contributed by atoms with van der Waals surface area (Å²) in [6.45, 7) is -0.990. The van der Waals surface area contributed by atoms with Crippen LogP contribution in [0.25, 0.3) is 0 Å². The van der Waals surface area contributed by atoms with Crippen molar-refractivity contribution in [2.45, 2.75) is 6.42 Å². The van der Waals surface area contributed by atoms with Gasteiger partial charge in [0.25, 0.3) is 0 Å². The van der Waals surface area contributed by atoms with Gasteiger partial charge in [-0.2, -0.15) is 0 Å². The molecular formula is C5H7F2. The standard InChI is InChI=1S/C5H7F2/c6-4-2-1-3-5-7/h2H,3-5H2. The summed E-state index contributed by atoms with van der Waals surface area (Å²) in [4.78, 5) is 0. The van der Waals surface area contributed by atoms with Crippen molar-refractivity contribution < 1.29 is 8.78 Å². The maximum atomic E-state index is 11.1. The third-order valence-electron chi connectivity index (χ3n) is 0.460. The molecule has 0 fully saturated rings. The molecule has 0 aliphatic heterocycles. The lowest BCUT2D eigenvalue weighted by atomic mass is 10.4. The lowest BCUT2D eigenvalue weighted by Gasteiger charge is -1.75. The molecule has 0 nitrogen and oxygen atoms in total. The average molecular weight is 105 g/mol. The molecule has 0 aromatic carbocycles. The van der Waals surface area contributed by atoms with Crippen LogP contribution in [-0.4, -0.2) is 13.3 Å². The third kappa shape index (κ3) is 5.60. The van der Waals surface area contributed by atoms with E-state index in [0.29, 0.717) is 0 Å². The highest BCUT2D eigenvalue weighted by Gasteiger charge is 1.73. The molecule has 1 radical (unpaired) electrons. The van der Waals surface area contributed by atoms with Gasteiger partial charge < -0.3 is 0 Å². The van der Waals surface area contributed by atoms with Crippen LogP contribution in [0, 0.1) is 6.08 Å². The minimum absolute atomic E-state index is 0.212. The van der Waals surface area contributed by atoms with Gasteiger partial charge in [0.05, 0.1) is 6.67 Å². The van der Waals surface area contributed by atoms with Gasteiger partial charge in [0, 0.05) is 6.42 Å². The zero-order chi connectivity index (χ0) is 5.54. The van der Waals surface area contributed by atoms with E-state index in [0.717, 1.165) is 0 Å². The van der Waals surface area contributed by atoms with E-state index in [-0.39, 0.29) is 6.42 Å². The predicted molar refractivity (Wildman–Crippen MR) is 24.4 cm³/mol. The highest BCUT2D eigenvalue weighted by Crippen LogP contribution is 1.80. The largest absolute Gasteiger partial charge is 0.251 e. The van der Waals surface area contributed by atoms with Crippen molar-refractivity contribution in [3.63, 3.8) is 0 Å². The maximum Gasteiger partial charge on any atom is 0.108 e. The number of allylic oxidation sites excluding steroid dienone is 2. The molecular weight excluding hydrogens is 98.1 g/mol. The topological polar surface area (TPSA) is 0 Å². The fraction of sp³-hybridized carbons (Fsp3) is 0.600. The van der Waals surface area contributed by atoms with Crippen LogP contribution >= 0.6 is 0 Å². The number of hydrogen-bond donors (Lipinski definition) is 0. The van der Waals surface area contributed by atoms with Crippen molar-refractivity contribution in [2.75, 3.05) is 13.3 Å². The number of halogens is 2. The first-order chi connectivity index (χ1) is 3.41. The quantitative estimate of drug-likeness (QED) is 0.512. The molecule has 0 saturated heterocycles. The van der Waals surface area contributed by atoms with Crippen LogP contribution in [0.1, 0.15) is 6.42 Å². The summed E-state index contributed by atoms with van der Waals surface area (Å²) in [6.07, 6.45) is 3.80. The summed E-state index contributed by atoms with van der Waals surface area (Å²) in [7, 11) is 0. The second-order valence-electron chi connectivity index (χ2n) is 1.00. The van der Waals surface area contributed by atoms with Gasteiger partial charge >= 0.3 is 0 Å². The molecule has 0 N–H and O–H groups in total. The molecule has 0 rings (SSSR count). The molecule has 0 amide bonds. The van der Waals surface area contributed by atoms with E-state index in [1.54, 1.807) is 0 Å². The van der Waals surface area contributed by atoms with Crippen molar-refractivity contribution in [1.82, 2.24) is 0 Å². The van der Waals surface area contributed by atoms with Crippen molar-refractivity contribution in [2.24, 2.45) is 0 Å². The first-order valence-electron chi connectivity index (χ1n) is 2.08. The van der Waals surface area contributed by atoms with Crippen LogP contribution in [0.5, 0.6) is 0 Å². The zero-order valence-electron chi connectivity index (χ0n) is 3.95. The molecule has 41 valence electrons. The smallest absolute Gasteiger partial charge is 0.108 e. The normalized spacial score (nSPS) is 10.6. The SMILES string of the molecule is FC/C=[C]/CCF. The van der Waals surface area contributed by atoms with E-state index in [1.165, 1.54) is 6.08 Å². The van der Waals surface area contributed by atoms with Crippen LogP contribution < -0.4 is 0 Å². The van der Waals surface area contributed by atoms with E-state index in [2.05, 4.69) is 6.08 Å². The van der Waals surface area contributed by atoms with Gasteiger partial charge in [-0.1, -0.05) is 6.08 Å². The molecule has 0 aliphatic carbocycles. The highest BCUT2D eigenvalue weighted by atomic mass is 19.1. The fourth-order valence-corrected chi connectivity index (χ4v) is 0.211. The molecule has 0 aliphatic rings. The van der Waals surface area contributed by atoms with E-state index in [1.807, 2.05) is 0 Å². The van der Waals surface area contributed by atoms with Gasteiger partial charge in [-0.25, -0.2) is 4.39 Å². The molecule has 0 aromatic rings. The van der Waals surface area contributed by atoms with E-state index >= 15 is 0 Å². The molecule has 0 atom stereocenters. The minimum atomic E-state index is -0.542. The monoisotopic (exact) mass is 105 g/mol. The summed E-state index contributed by atoms with van der Waals surface area (Å²) in [6, 6.07) is 0. The first-order valence-corrected chi connectivity index (χ1v) is 2.08. The van der Waals surface area contributed by atoms with E-state index in [9.17, 15) is 8.78 Å². The molecule has 0 aromatic heterocycles. The fourth-order valence-electron chi connectivity index (χ4n) is 0.211. The van der Waals surface area contributed by atoms with Crippen LogP contribution in [-0.2, 0) is 0 Å². The molecule has 7 heavy (non-hydrogen) atoms. The highest BCUT2D eigenvalue weighted by molar-refractivity contribution is 4.71. The summed E-state index contributed by atoms with van der Waals surface area (Å²) >= 11 is 0. The molecule has 0 unspecified atom stereocenters. The van der Waals surface area contributed by atoms with E-state index < -0.39 is 13.3 Å². The molecule has 2 heteroatoms. The van der Waals surface area contributed by atoms with Crippen molar-refractivity contribution >= 4 is 0 Å². The van der Waals surface area contributed by atoms with Crippen molar-refractivity contribution in [3.8, 4) is 0 Å². The Labute approximate surface area is 41.8 Å². The number of rotatable bonds is 3. The van der Waals surface area contributed by atoms with Gasteiger partial charge in [-0.15, -0.1) is 0 Å². The van der Waals surface area contributed by atoms with Crippen LogP contribution in [0.4, 0.5) is 8.78 Å². The van der Waals surface area contributed by atoms with Gasteiger partial charge in [-0.3, -0.25) is 4.39 Å². The molecule has 0 bridgehead atoms. The third-order valence-corrected chi connectivity index (χ3v) is 0.460. The molecule has 0 heterocycles. The van der Waals surface area contributed by atoms with Crippen LogP contribution in [0.15, 0.2) is 6.08 Å². The van der Waals surface area contributed by atoms with Gasteiger partial charge in [-0.05, 0) is 6.08 Å². The van der Waals surface area contributed by atoms with Gasteiger partial charge in [0.15, 0.2) is 0 Å².